The Labute approximate surface area is 58.7 Å². The van der Waals surface area contributed by atoms with E-state index in [0.29, 0.717) is 0 Å². The molecule has 0 saturated heterocycles. The van der Waals surface area contributed by atoms with Gasteiger partial charge in [0.25, 0.3) is 0 Å². The van der Waals surface area contributed by atoms with Gasteiger partial charge < -0.3 is 16.2 Å². The SMILES string of the molecule is N[C@H](C(=O)O)C1=CNCC1. The van der Waals surface area contributed by atoms with Crippen molar-refractivity contribution in [3.63, 3.8) is 0 Å². The van der Waals surface area contributed by atoms with Crippen molar-refractivity contribution in [2.75, 3.05) is 6.54 Å². The lowest BCUT2D eigenvalue weighted by atomic mass is 10.1. The summed E-state index contributed by atoms with van der Waals surface area (Å²) in [7, 11) is 0. The molecular formula is C6H10N2O2. The second kappa shape index (κ2) is 2.70. The van der Waals surface area contributed by atoms with Gasteiger partial charge in [-0.05, 0) is 18.2 Å². The Morgan fingerprint density at radius 1 is 1.90 bits per heavy atom. The number of hydrogen-bond donors (Lipinski definition) is 3. The van der Waals surface area contributed by atoms with Crippen LogP contribution in [0.3, 0.4) is 0 Å². The Morgan fingerprint density at radius 2 is 2.60 bits per heavy atom. The van der Waals surface area contributed by atoms with E-state index in [0.717, 1.165) is 18.5 Å². The molecule has 1 atom stereocenters. The zero-order valence-corrected chi connectivity index (χ0v) is 5.50. The predicted octanol–water partition coefficient (Wildman–Crippen LogP) is -0.725. The smallest absolute Gasteiger partial charge is 0.324 e. The van der Waals surface area contributed by atoms with Crippen LogP contribution in [-0.4, -0.2) is 23.7 Å². The fourth-order valence-electron chi connectivity index (χ4n) is 0.896. The summed E-state index contributed by atoms with van der Waals surface area (Å²) in [4.78, 5) is 10.3. The summed E-state index contributed by atoms with van der Waals surface area (Å²) in [6.45, 7) is 0.802. The van der Waals surface area contributed by atoms with E-state index >= 15 is 0 Å². The number of aliphatic carboxylic acids is 1. The van der Waals surface area contributed by atoms with Gasteiger partial charge in [-0.1, -0.05) is 0 Å². The van der Waals surface area contributed by atoms with Crippen molar-refractivity contribution in [2.24, 2.45) is 5.73 Å². The minimum absolute atomic E-state index is 0.744. The molecule has 0 fully saturated rings. The zero-order chi connectivity index (χ0) is 7.56. The molecule has 1 heterocycles. The summed E-state index contributed by atoms with van der Waals surface area (Å²) in [5, 5.41) is 11.4. The molecule has 0 saturated carbocycles. The van der Waals surface area contributed by atoms with Crippen molar-refractivity contribution < 1.29 is 9.90 Å². The first-order valence-corrected chi connectivity index (χ1v) is 3.12. The highest BCUT2D eigenvalue weighted by Gasteiger charge is 2.18. The largest absolute Gasteiger partial charge is 0.480 e. The third-order valence-corrected chi connectivity index (χ3v) is 1.51. The first kappa shape index (κ1) is 7.08. The van der Waals surface area contributed by atoms with Gasteiger partial charge >= 0.3 is 5.97 Å². The Kier molecular flexibility index (Phi) is 1.91. The van der Waals surface area contributed by atoms with Crippen molar-refractivity contribution in [1.82, 2.24) is 5.32 Å². The van der Waals surface area contributed by atoms with Crippen molar-refractivity contribution in [3.05, 3.63) is 11.8 Å². The molecule has 0 bridgehead atoms. The third kappa shape index (κ3) is 1.27. The van der Waals surface area contributed by atoms with E-state index in [1.165, 1.54) is 0 Å². The van der Waals surface area contributed by atoms with E-state index in [2.05, 4.69) is 5.32 Å². The van der Waals surface area contributed by atoms with Gasteiger partial charge in [0.2, 0.25) is 0 Å². The number of hydrogen-bond acceptors (Lipinski definition) is 3. The average Bonchev–Trinajstić information content (AvgIpc) is 2.36. The molecule has 1 aliphatic heterocycles. The number of carbonyl (C=O) groups is 1. The number of rotatable bonds is 2. The second-order valence-electron chi connectivity index (χ2n) is 2.24. The molecule has 1 aliphatic rings. The topological polar surface area (TPSA) is 75.4 Å². The molecule has 0 aromatic heterocycles. The Bertz CT molecular complexity index is 177. The Hall–Kier alpha value is -1.03. The highest BCUT2D eigenvalue weighted by molar-refractivity contribution is 5.77. The fourth-order valence-corrected chi connectivity index (χ4v) is 0.896. The maximum atomic E-state index is 10.3. The zero-order valence-electron chi connectivity index (χ0n) is 5.50. The summed E-state index contributed by atoms with van der Waals surface area (Å²) in [6, 6.07) is -0.824. The molecule has 0 unspecified atom stereocenters. The molecule has 0 aromatic rings. The van der Waals surface area contributed by atoms with Crippen LogP contribution in [0.1, 0.15) is 6.42 Å². The number of carboxylic acids is 1. The van der Waals surface area contributed by atoms with Gasteiger partial charge in [0.1, 0.15) is 6.04 Å². The van der Waals surface area contributed by atoms with Gasteiger partial charge in [-0.2, -0.15) is 0 Å². The first-order chi connectivity index (χ1) is 4.72. The molecule has 1 rings (SSSR count). The van der Waals surface area contributed by atoms with Crippen LogP contribution < -0.4 is 11.1 Å². The quantitative estimate of drug-likeness (QED) is 0.475. The molecule has 0 aromatic carbocycles. The highest BCUT2D eigenvalue weighted by Crippen LogP contribution is 2.08. The van der Waals surface area contributed by atoms with E-state index in [1.54, 1.807) is 6.20 Å². The third-order valence-electron chi connectivity index (χ3n) is 1.51. The predicted molar refractivity (Wildman–Crippen MR) is 36.3 cm³/mol. The number of nitrogens with one attached hydrogen (secondary N) is 1. The summed E-state index contributed by atoms with van der Waals surface area (Å²) < 4.78 is 0. The normalized spacial score (nSPS) is 19.5. The maximum Gasteiger partial charge on any atom is 0.324 e. The Balaban J connectivity index is 2.55. The van der Waals surface area contributed by atoms with Gasteiger partial charge in [0, 0.05) is 6.54 Å². The first-order valence-electron chi connectivity index (χ1n) is 3.12. The summed E-state index contributed by atoms with van der Waals surface area (Å²) in [6.07, 6.45) is 2.42. The van der Waals surface area contributed by atoms with Gasteiger partial charge in [-0.3, -0.25) is 4.79 Å². The minimum Gasteiger partial charge on any atom is -0.480 e. The summed E-state index contributed by atoms with van der Waals surface area (Å²) >= 11 is 0. The molecule has 0 spiro atoms. The van der Waals surface area contributed by atoms with Crippen molar-refractivity contribution >= 4 is 5.97 Å². The lowest BCUT2D eigenvalue weighted by Crippen LogP contribution is -2.31. The Morgan fingerprint density at radius 3 is 3.00 bits per heavy atom. The number of carboxylic acid groups (broad SMARTS) is 1. The lowest BCUT2D eigenvalue weighted by molar-refractivity contribution is -0.137. The van der Waals surface area contributed by atoms with Crippen LogP contribution in [0.5, 0.6) is 0 Å². The van der Waals surface area contributed by atoms with Crippen LogP contribution in [-0.2, 0) is 4.79 Å². The van der Waals surface area contributed by atoms with Crippen LogP contribution in [0.4, 0.5) is 0 Å². The standard InChI is InChI=1S/C6H10N2O2/c7-5(6(9)10)4-1-2-8-3-4/h3,5,8H,1-2,7H2,(H,9,10)/t5-/m0/s1. The van der Waals surface area contributed by atoms with Crippen LogP contribution >= 0.6 is 0 Å². The van der Waals surface area contributed by atoms with E-state index in [-0.39, 0.29) is 0 Å². The molecule has 4 nitrogen and oxygen atoms in total. The van der Waals surface area contributed by atoms with Crippen molar-refractivity contribution in [3.8, 4) is 0 Å². The molecule has 0 aliphatic carbocycles. The van der Waals surface area contributed by atoms with Crippen molar-refractivity contribution in [1.29, 1.82) is 0 Å². The molecule has 4 heteroatoms. The highest BCUT2D eigenvalue weighted by atomic mass is 16.4. The van der Waals surface area contributed by atoms with Crippen molar-refractivity contribution in [2.45, 2.75) is 12.5 Å². The van der Waals surface area contributed by atoms with E-state index < -0.39 is 12.0 Å². The second-order valence-corrected chi connectivity index (χ2v) is 2.24. The molecule has 0 radical (unpaired) electrons. The summed E-state index contributed by atoms with van der Waals surface area (Å²) in [5.74, 6) is -0.963. The fraction of sp³-hybridized carbons (Fsp3) is 0.500. The number of nitrogens with two attached hydrogens (primary N) is 1. The van der Waals surface area contributed by atoms with Crippen LogP contribution in [0, 0.1) is 0 Å². The van der Waals surface area contributed by atoms with Crippen LogP contribution in [0.15, 0.2) is 11.8 Å². The minimum atomic E-state index is -0.963. The van der Waals surface area contributed by atoms with Gasteiger partial charge in [-0.15, -0.1) is 0 Å². The van der Waals surface area contributed by atoms with Gasteiger partial charge in [0.15, 0.2) is 0 Å². The molecular weight excluding hydrogens is 132 g/mol. The van der Waals surface area contributed by atoms with E-state index in [4.69, 9.17) is 10.8 Å². The molecule has 10 heavy (non-hydrogen) atoms. The average molecular weight is 142 g/mol. The molecule has 56 valence electrons. The monoisotopic (exact) mass is 142 g/mol. The van der Waals surface area contributed by atoms with Crippen LogP contribution in [0.25, 0.3) is 0 Å². The molecule has 4 N–H and O–H groups in total. The van der Waals surface area contributed by atoms with Gasteiger partial charge in [-0.25, -0.2) is 0 Å². The molecule has 0 amide bonds. The van der Waals surface area contributed by atoms with Crippen LogP contribution in [0.2, 0.25) is 0 Å². The maximum absolute atomic E-state index is 10.3. The van der Waals surface area contributed by atoms with E-state index in [1.807, 2.05) is 0 Å². The van der Waals surface area contributed by atoms with Gasteiger partial charge in [0.05, 0.1) is 0 Å². The lowest BCUT2D eigenvalue weighted by Gasteiger charge is -2.04. The van der Waals surface area contributed by atoms with E-state index in [9.17, 15) is 4.79 Å². The summed E-state index contributed by atoms with van der Waals surface area (Å²) in [5.41, 5.74) is 6.08.